The van der Waals surface area contributed by atoms with Gasteiger partial charge in [0.2, 0.25) is 0 Å². The Bertz CT molecular complexity index is 930. The quantitative estimate of drug-likeness (QED) is 0.713. The van der Waals surface area contributed by atoms with Crippen LogP contribution in [0.5, 0.6) is 0 Å². The maximum Gasteiger partial charge on any atom is 0.270 e. The molecule has 1 aliphatic carbocycles. The Labute approximate surface area is 155 Å². The van der Waals surface area contributed by atoms with E-state index in [4.69, 9.17) is 17.3 Å². The molecule has 4 rings (SSSR count). The molecule has 25 heavy (non-hydrogen) atoms. The third-order valence-electron chi connectivity index (χ3n) is 4.85. The fraction of sp³-hybridized carbons (Fsp3) is 0.316. The van der Waals surface area contributed by atoms with E-state index in [1.165, 1.54) is 37.0 Å². The van der Waals surface area contributed by atoms with Gasteiger partial charge in [-0.25, -0.2) is 0 Å². The number of amides is 1. The molecule has 2 heterocycles. The van der Waals surface area contributed by atoms with Crippen LogP contribution in [-0.2, 0) is 6.42 Å². The summed E-state index contributed by atoms with van der Waals surface area (Å²) in [4.78, 5) is 12.8. The fourth-order valence-electron chi connectivity index (χ4n) is 3.55. The number of benzene rings is 1. The van der Waals surface area contributed by atoms with Crippen molar-refractivity contribution in [3.63, 3.8) is 0 Å². The first-order valence-corrected chi connectivity index (χ1v) is 9.66. The van der Waals surface area contributed by atoms with Gasteiger partial charge in [0.1, 0.15) is 0 Å². The lowest BCUT2D eigenvalue weighted by Gasteiger charge is -2.09. The van der Waals surface area contributed by atoms with Gasteiger partial charge in [-0.1, -0.05) is 49.4 Å². The molecule has 0 aliphatic heterocycles. The number of halogens is 1. The molecule has 1 aliphatic rings. The summed E-state index contributed by atoms with van der Waals surface area (Å²) in [6.07, 6.45) is 5.99. The van der Waals surface area contributed by atoms with Crippen LogP contribution in [0.15, 0.2) is 30.3 Å². The standard InChI is InChI=1S/C19H18ClN3OS/c20-13-7-5-12(6-8-13)16-10-14-15(9-11-3-1-2-4-11)22-23-17(19(21)24)18(14)25-16/h5-8,10-11H,1-4,9H2,(H2,21,24). The molecule has 1 amide bonds. The highest BCUT2D eigenvalue weighted by Crippen LogP contribution is 2.38. The van der Waals surface area contributed by atoms with E-state index in [0.29, 0.717) is 10.9 Å². The fourth-order valence-corrected chi connectivity index (χ4v) is 4.85. The van der Waals surface area contributed by atoms with Gasteiger partial charge in [0.05, 0.1) is 10.4 Å². The molecule has 0 unspecified atom stereocenters. The summed E-state index contributed by atoms with van der Waals surface area (Å²) in [5.74, 6) is 0.130. The van der Waals surface area contributed by atoms with Gasteiger partial charge < -0.3 is 5.73 Å². The number of carbonyl (C=O) groups is 1. The van der Waals surface area contributed by atoms with E-state index in [1.54, 1.807) is 0 Å². The predicted molar refractivity (Wildman–Crippen MR) is 102 cm³/mol. The summed E-state index contributed by atoms with van der Waals surface area (Å²) in [5.41, 5.74) is 7.81. The minimum Gasteiger partial charge on any atom is -0.364 e. The van der Waals surface area contributed by atoms with Crippen LogP contribution in [0.3, 0.4) is 0 Å². The lowest BCUT2D eigenvalue weighted by molar-refractivity contribution is 0.0996. The van der Waals surface area contributed by atoms with Crippen molar-refractivity contribution in [2.24, 2.45) is 11.7 Å². The molecule has 3 aromatic rings. The molecule has 0 saturated heterocycles. The lowest BCUT2D eigenvalue weighted by Crippen LogP contribution is -2.15. The largest absolute Gasteiger partial charge is 0.364 e. The molecular formula is C19H18ClN3OS. The zero-order valence-corrected chi connectivity index (χ0v) is 15.2. The molecule has 0 bridgehead atoms. The first kappa shape index (κ1) is 16.5. The molecular weight excluding hydrogens is 354 g/mol. The first-order chi connectivity index (χ1) is 12.1. The van der Waals surface area contributed by atoms with E-state index in [9.17, 15) is 4.79 Å². The number of nitrogens with two attached hydrogens (primary N) is 1. The van der Waals surface area contributed by atoms with E-state index in [1.807, 2.05) is 24.3 Å². The number of carbonyl (C=O) groups excluding carboxylic acids is 1. The zero-order valence-electron chi connectivity index (χ0n) is 13.7. The van der Waals surface area contributed by atoms with Crippen LogP contribution in [0.25, 0.3) is 20.5 Å². The number of fused-ring (bicyclic) bond motifs is 1. The molecule has 2 N–H and O–H groups in total. The third-order valence-corrected chi connectivity index (χ3v) is 6.29. The Kier molecular flexibility index (Phi) is 4.44. The van der Waals surface area contributed by atoms with E-state index < -0.39 is 5.91 Å². The van der Waals surface area contributed by atoms with E-state index >= 15 is 0 Å². The summed E-state index contributed by atoms with van der Waals surface area (Å²) < 4.78 is 0.834. The maximum absolute atomic E-state index is 11.8. The Morgan fingerprint density at radius 2 is 1.92 bits per heavy atom. The van der Waals surface area contributed by atoms with Crippen LogP contribution in [0.2, 0.25) is 5.02 Å². The van der Waals surface area contributed by atoms with Gasteiger partial charge in [-0.2, -0.15) is 5.10 Å². The van der Waals surface area contributed by atoms with Crippen LogP contribution in [-0.4, -0.2) is 16.1 Å². The van der Waals surface area contributed by atoms with Gasteiger partial charge in [0, 0.05) is 15.3 Å². The maximum atomic E-state index is 11.8. The van der Waals surface area contributed by atoms with Crippen molar-refractivity contribution in [3.05, 3.63) is 46.7 Å². The van der Waals surface area contributed by atoms with Gasteiger partial charge in [-0.05, 0) is 36.1 Å². The molecule has 4 nitrogen and oxygen atoms in total. The monoisotopic (exact) mass is 371 g/mol. The van der Waals surface area contributed by atoms with Gasteiger partial charge in [0.15, 0.2) is 5.69 Å². The van der Waals surface area contributed by atoms with Crippen LogP contribution in [0.4, 0.5) is 0 Å². The first-order valence-electron chi connectivity index (χ1n) is 8.46. The number of aromatic nitrogens is 2. The Balaban J connectivity index is 1.82. The van der Waals surface area contributed by atoms with Crippen molar-refractivity contribution in [3.8, 4) is 10.4 Å². The van der Waals surface area contributed by atoms with Crippen molar-refractivity contribution >= 4 is 38.9 Å². The smallest absolute Gasteiger partial charge is 0.270 e. The second-order valence-corrected chi connectivity index (χ2v) is 8.06. The minimum absolute atomic E-state index is 0.260. The SMILES string of the molecule is NC(=O)c1nnc(CC2CCCC2)c2cc(-c3ccc(Cl)cc3)sc12. The van der Waals surface area contributed by atoms with Gasteiger partial charge >= 0.3 is 0 Å². The van der Waals surface area contributed by atoms with E-state index in [0.717, 1.165) is 32.6 Å². The molecule has 2 aromatic heterocycles. The summed E-state index contributed by atoms with van der Waals surface area (Å²) in [6.45, 7) is 0. The average molecular weight is 372 g/mol. The van der Waals surface area contributed by atoms with Crippen LogP contribution >= 0.6 is 22.9 Å². The van der Waals surface area contributed by atoms with Crippen molar-refractivity contribution in [2.45, 2.75) is 32.1 Å². The van der Waals surface area contributed by atoms with Crippen LogP contribution in [0.1, 0.15) is 41.9 Å². The molecule has 1 aromatic carbocycles. The predicted octanol–water partition coefficient (Wildman–Crippen LogP) is 4.84. The second-order valence-electron chi connectivity index (χ2n) is 6.57. The highest BCUT2D eigenvalue weighted by Gasteiger charge is 2.21. The van der Waals surface area contributed by atoms with Crippen molar-refractivity contribution in [1.29, 1.82) is 0 Å². The number of primary amides is 1. The van der Waals surface area contributed by atoms with Crippen molar-refractivity contribution in [1.82, 2.24) is 10.2 Å². The van der Waals surface area contributed by atoms with Crippen LogP contribution in [0, 0.1) is 5.92 Å². The number of thiophene rings is 1. The van der Waals surface area contributed by atoms with Gasteiger partial charge in [0.25, 0.3) is 5.91 Å². The zero-order chi connectivity index (χ0) is 17.4. The molecule has 0 spiro atoms. The Morgan fingerprint density at radius 3 is 2.60 bits per heavy atom. The van der Waals surface area contributed by atoms with Crippen molar-refractivity contribution < 1.29 is 4.79 Å². The third kappa shape index (κ3) is 3.26. The van der Waals surface area contributed by atoms with Gasteiger partial charge in [-0.15, -0.1) is 16.4 Å². The second kappa shape index (κ2) is 6.73. The number of hydrogen-bond donors (Lipinski definition) is 1. The molecule has 128 valence electrons. The highest BCUT2D eigenvalue weighted by molar-refractivity contribution is 7.22. The number of nitrogens with zero attached hydrogens (tertiary/aromatic N) is 2. The highest BCUT2D eigenvalue weighted by atomic mass is 35.5. The van der Waals surface area contributed by atoms with Gasteiger partial charge in [-0.3, -0.25) is 4.79 Å². The molecule has 1 saturated carbocycles. The Hall–Kier alpha value is -1.98. The number of hydrogen-bond acceptors (Lipinski definition) is 4. The molecule has 1 fully saturated rings. The normalized spacial score (nSPS) is 15.1. The molecule has 0 atom stereocenters. The van der Waals surface area contributed by atoms with Crippen LogP contribution < -0.4 is 5.73 Å². The minimum atomic E-state index is -0.533. The summed E-state index contributed by atoms with van der Waals surface area (Å²) in [5, 5.41) is 10.2. The molecule has 6 heteroatoms. The topological polar surface area (TPSA) is 68.9 Å². The lowest BCUT2D eigenvalue weighted by atomic mass is 9.99. The Morgan fingerprint density at radius 1 is 1.20 bits per heavy atom. The number of rotatable bonds is 4. The molecule has 0 radical (unpaired) electrons. The summed E-state index contributed by atoms with van der Waals surface area (Å²) >= 11 is 7.52. The average Bonchev–Trinajstić information content (AvgIpc) is 3.25. The summed E-state index contributed by atoms with van der Waals surface area (Å²) in [7, 11) is 0. The summed E-state index contributed by atoms with van der Waals surface area (Å²) in [6, 6.07) is 9.80. The van der Waals surface area contributed by atoms with E-state index in [2.05, 4.69) is 16.3 Å². The van der Waals surface area contributed by atoms with Crippen molar-refractivity contribution in [2.75, 3.05) is 0 Å². The van der Waals surface area contributed by atoms with E-state index in [-0.39, 0.29) is 5.69 Å².